The summed E-state index contributed by atoms with van der Waals surface area (Å²) in [6, 6.07) is 15.3. The SMILES string of the molecule is CC(C(=O)Nc1ccc(F)c(Cl)c1)n1nc(-c2ccccc2)ccc1=O. The summed E-state index contributed by atoms with van der Waals surface area (Å²) in [4.78, 5) is 24.6. The van der Waals surface area contributed by atoms with Crippen LogP contribution in [0.25, 0.3) is 11.3 Å². The third-order valence-electron chi connectivity index (χ3n) is 3.83. The monoisotopic (exact) mass is 371 g/mol. The number of benzene rings is 2. The minimum Gasteiger partial charge on any atom is -0.324 e. The summed E-state index contributed by atoms with van der Waals surface area (Å²) in [7, 11) is 0. The van der Waals surface area contributed by atoms with Crippen LogP contribution in [0.3, 0.4) is 0 Å². The molecule has 0 saturated heterocycles. The zero-order valence-corrected chi connectivity index (χ0v) is 14.6. The predicted octanol–water partition coefficient (Wildman–Crippen LogP) is 3.90. The Hall–Kier alpha value is -2.99. The molecule has 2 aromatic carbocycles. The van der Waals surface area contributed by atoms with Crippen LogP contribution in [-0.2, 0) is 4.79 Å². The lowest BCUT2D eigenvalue weighted by molar-refractivity contribution is -0.119. The van der Waals surface area contributed by atoms with Gasteiger partial charge >= 0.3 is 0 Å². The zero-order valence-electron chi connectivity index (χ0n) is 13.8. The lowest BCUT2D eigenvalue weighted by Gasteiger charge is -2.15. The number of nitrogens with zero attached hydrogens (tertiary/aromatic N) is 2. The molecule has 7 heteroatoms. The third kappa shape index (κ3) is 3.81. The van der Waals surface area contributed by atoms with Crippen LogP contribution in [0.1, 0.15) is 13.0 Å². The van der Waals surface area contributed by atoms with Crippen molar-refractivity contribution in [2.45, 2.75) is 13.0 Å². The molecule has 1 unspecified atom stereocenters. The molecule has 0 spiro atoms. The van der Waals surface area contributed by atoms with E-state index in [-0.39, 0.29) is 5.02 Å². The molecular formula is C19H15ClFN3O2. The highest BCUT2D eigenvalue weighted by Gasteiger charge is 2.18. The van der Waals surface area contributed by atoms with Gasteiger partial charge in [-0.1, -0.05) is 41.9 Å². The van der Waals surface area contributed by atoms with Crippen molar-refractivity contribution >= 4 is 23.2 Å². The summed E-state index contributed by atoms with van der Waals surface area (Å²) >= 11 is 5.71. The van der Waals surface area contributed by atoms with Crippen LogP contribution in [0.15, 0.2) is 65.5 Å². The van der Waals surface area contributed by atoms with E-state index in [2.05, 4.69) is 10.4 Å². The van der Waals surface area contributed by atoms with Gasteiger partial charge in [-0.2, -0.15) is 5.10 Å². The van der Waals surface area contributed by atoms with Gasteiger partial charge in [-0.05, 0) is 31.2 Å². The minimum absolute atomic E-state index is 0.100. The van der Waals surface area contributed by atoms with Gasteiger partial charge in [-0.25, -0.2) is 9.07 Å². The molecule has 0 aliphatic heterocycles. The largest absolute Gasteiger partial charge is 0.324 e. The minimum atomic E-state index is -0.866. The van der Waals surface area contributed by atoms with Gasteiger partial charge in [-0.15, -0.1) is 0 Å². The van der Waals surface area contributed by atoms with E-state index in [1.807, 2.05) is 30.3 Å². The van der Waals surface area contributed by atoms with Gasteiger partial charge in [0, 0.05) is 17.3 Å². The standard InChI is InChI=1S/C19H15ClFN3O2/c1-12(19(26)22-14-7-8-16(21)15(20)11-14)24-18(25)10-9-17(23-24)13-5-3-2-4-6-13/h2-12H,1H3,(H,22,26). The summed E-state index contributed by atoms with van der Waals surface area (Å²) in [5, 5.41) is 6.80. The second-order valence-corrected chi connectivity index (χ2v) is 6.07. The molecular weight excluding hydrogens is 357 g/mol. The van der Waals surface area contributed by atoms with Gasteiger partial charge < -0.3 is 5.32 Å². The molecule has 0 saturated carbocycles. The maximum Gasteiger partial charge on any atom is 0.267 e. The van der Waals surface area contributed by atoms with Crippen molar-refractivity contribution in [1.82, 2.24) is 9.78 Å². The Bertz CT molecular complexity index is 1010. The van der Waals surface area contributed by atoms with Crippen LogP contribution >= 0.6 is 11.6 Å². The first-order chi connectivity index (χ1) is 12.5. The summed E-state index contributed by atoms with van der Waals surface area (Å²) in [5.74, 6) is -1.04. The summed E-state index contributed by atoms with van der Waals surface area (Å²) in [6.07, 6.45) is 0. The van der Waals surface area contributed by atoms with Gasteiger partial charge in [0.2, 0.25) is 5.91 Å². The molecule has 132 valence electrons. The first-order valence-electron chi connectivity index (χ1n) is 7.87. The van der Waals surface area contributed by atoms with Crippen molar-refractivity contribution in [2.75, 3.05) is 5.32 Å². The molecule has 1 N–H and O–H groups in total. The number of hydrogen-bond donors (Lipinski definition) is 1. The molecule has 26 heavy (non-hydrogen) atoms. The Labute approximate surface area is 154 Å². The van der Waals surface area contributed by atoms with E-state index in [4.69, 9.17) is 11.6 Å². The molecule has 3 rings (SSSR count). The number of amides is 1. The molecule has 0 fully saturated rings. The molecule has 1 amide bonds. The number of rotatable bonds is 4. The van der Waals surface area contributed by atoms with Crippen molar-refractivity contribution < 1.29 is 9.18 Å². The molecule has 0 aliphatic rings. The van der Waals surface area contributed by atoms with E-state index >= 15 is 0 Å². The summed E-state index contributed by atoms with van der Waals surface area (Å²) in [5.41, 5.74) is 1.35. The molecule has 0 aliphatic carbocycles. The van der Waals surface area contributed by atoms with Crippen molar-refractivity contribution in [3.05, 3.63) is 81.9 Å². The fourth-order valence-electron chi connectivity index (χ4n) is 2.40. The van der Waals surface area contributed by atoms with Crippen LogP contribution < -0.4 is 10.9 Å². The Kier molecular flexibility index (Phi) is 5.14. The second kappa shape index (κ2) is 7.49. The van der Waals surface area contributed by atoms with Crippen molar-refractivity contribution in [1.29, 1.82) is 0 Å². The van der Waals surface area contributed by atoms with Crippen LogP contribution in [-0.4, -0.2) is 15.7 Å². The molecule has 1 atom stereocenters. The number of hydrogen-bond acceptors (Lipinski definition) is 3. The zero-order chi connectivity index (χ0) is 18.7. The van der Waals surface area contributed by atoms with Gasteiger partial charge in [0.05, 0.1) is 10.7 Å². The maximum absolute atomic E-state index is 13.2. The average Bonchev–Trinajstić information content (AvgIpc) is 2.65. The number of nitrogens with one attached hydrogen (secondary N) is 1. The number of carbonyl (C=O) groups excluding carboxylic acids is 1. The highest BCUT2D eigenvalue weighted by atomic mass is 35.5. The van der Waals surface area contributed by atoms with E-state index < -0.39 is 23.3 Å². The lowest BCUT2D eigenvalue weighted by Crippen LogP contribution is -2.33. The van der Waals surface area contributed by atoms with Crippen molar-refractivity contribution in [3.63, 3.8) is 0 Å². The number of halogens is 2. The fraction of sp³-hybridized carbons (Fsp3) is 0.105. The maximum atomic E-state index is 13.2. The summed E-state index contributed by atoms with van der Waals surface area (Å²) < 4.78 is 14.3. The number of aromatic nitrogens is 2. The van der Waals surface area contributed by atoms with Crippen LogP contribution in [0.5, 0.6) is 0 Å². The first kappa shape index (κ1) is 17.8. The van der Waals surface area contributed by atoms with Crippen molar-refractivity contribution in [3.8, 4) is 11.3 Å². The Morgan fingerprint density at radius 2 is 1.88 bits per heavy atom. The van der Waals surface area contributed by atoms with E-state index in [9.17, 15) is 14.0 Å². The van der Waals surface area contributed by atoms with Crippen LogP contribution in [0, 0.1) is 5.82 Å². The quantitative estimate of drug-likeness (QED) is 0.756. The highest BCUT2D eigenvalue weighted by Crippen LogP contribution is 2.20. The summed E-state index contributed by atoms with van der Waals surface area (Å²) in [6.45, 7) is 1.56. The van der Waals surface area contributed by atoms with E-state index in [0.29, 0.717) is 11.4 Å². The van der Waals surface area contributed by atoms with E-state index in [1.54, 1.807) is 13.0 Å². The van der Waals surface area contributed by atoms with Gasteiger partial charge in [0.1, 0.15) is 11.9 Å². The third-order valence-corrected chi connectivity index (χ3v) is 4.12. The topological polar surface area (TPSA) is 64.0 Å². The molecule has 1 aromatic heterocycles. The Morgan fingerprint density at radius 3 is 2.58 bits per heavy atom. The molecule has 5 nitrogen and oxygen atoms in total. The molecule has 0 radical (unpaired) electrons. The van der Waals surface area contributed by atoms with Crippen LogP contribution in [0.4, 0.5) is 10.1 Å². The highest BCUT2D eigenvalue weighted by molar-refractivity contribution is 6.31. The molecule has 1 heterocycles. The molecule has 3 aromatic rings. The van der Waals surface area contributed by atoms with Gasteiger partial charge in [0.15, 0.2) is 0 Å². The van der Waals surface area contributed by atoms with Crippen molar-refractivity contribution in [2.24, 2.45) is 0 Å². The number of carbonyl (C=O) groups is 1. The van der Waals surface area contributed by atoms with Crippen LogP contribution in [0.2, 0.25) is 5.02 Å². The Balaban J connectivity index is 1.86. The smallest absolute Gasteiger partial charge is 0.267 e. The van der Waals surface area contributed by atoms with E-state index in [0.717, 1.165) is 16.3 Å². The fourth-order valence-corrected chi connectivity index (χ4v) is 2.58. The van der Waals surface area contributed by atoms with Gasteiger partial charge in [-0.3, -0.25) is 9.59 Å². The molecule has 0 bridgehead atoms. The predicted molar refractivity (Wildman–Crippen MR) is 98.7 cm³/mol. The lowest BCUT2D eigenvalue weighted by atomic mass is 10.1. The second-order valence-electron chi connectivity index (χ2n) is 5.66. The van der Waals surface area contributed by atoms with E-state index in [1.165, 1.54) is 18.2 Å². The van der Waals surface area contributed by atoms with Gasteiger partial charge in [0.25, 0.3) is 5.56 Å². The first-order valence-corrected chi connectivity index (χ1v) is 8.25. The average molecular weight is 372 g/mol. The Morgan fingerprint density at radius 1 is 1.15 bits per heavy atom. The normalized spacial score (nSPS) is 11.8. The number of anilines is 1.